The Morgan fingerprint density at radius 1 is 0.829 bits per heavy atom. The van der Waals surface area contributed by atoms with Crippen molar-refractivity contribution in [1.82, 2.24) is 0 Å². The number of esters is 1. The molecule has 0 aliphatic carbocycles. The molecule has 1 amide bonds. The van der Waals surface area contributed by atoms with Gasteiger partial charge in [-0.2, -0.15) is 0 Å². The van der Waals surface area contributed by atoms with Crippen molar-refractivity contribution in [2.75, 3.05) is 18.1 Å². The topological polar surface area (TPSA) is 72.9 Å². The van der Waals surface area contributed by atoms with Crippen LogP contribution in [0.25, 0.3) is 0 Å². The quantitative estimate of drug-likeness (QED) is 0.157. The molecule has 1 aliphatic rings. The third kappa shape index (κ3) is 6.50. The summed E-state index contributed by atoms with van der Waals surface area (Å²) in [4.78, 5) is 39.1. The fraction of sp³-hybridized carbons (Fsp3) is 0.206. The molecular formula is C34H30ClNO5. The van der Waals surface area contributed by atoms with E-state index in [1.807, 2.05) is 30.3 Å². The molecule has 0 N–H and O–H groups in total. The number of ketones is 1. The van der Waals surface area contributed by atoms with Crippen LogP contribution in [0, 0.1) is 5.92 Å². The smallest absolute Gasteiger partial charge is 0.311 e. The molecule has 5 rings (SSSR count). The third-order valence-electron chi connectivity index (χ3n) is 7.43. The van der Waals surface area contributed by atoms with Gasteiger partial charge in [0.05, 0.1) is 5.92 Å². The van der Waals surface area contributed by atoms with Crippen LogP contribution in [-0.4, -0.2) is 30.8 Å². The molecule has 41 heavy (non-hydrogen) atoms. The van der Waals surface area contributed by atoms with Crippen LogP contribution in [0.2, 0.25) is 5.02 Å². The highest BCUT2D eigenvalue weighted by Gasteiger charge is 2.36. The van der Waals surface area contributed by atoms with E-state index in [4.69, 9.17) is 21.1 Å². The Morgan fingerprint density at radius 2 is 1.41 bits per heavy atom. The van der Waals surface area contributed by atoms with Crippen molar-refractivity contribution >= 4 is 34.9 Å². The van der Waals surface area contributed by atoms with E-state index in [9.17, 15) is 14.4 Å². The molecule has 0 radical (unpaired) electrons. The molecular weight excluding hydrogens is 538 g/mol. The number of anilines is 1. The summed E-state index contributed by atoms with van der Waals surface area (Å²) in [5.41, 5.74) is 3.35. The molecule has 1 atom stereocenters. The van der Waals surface area contributed by atoms with Gasteiger partial charge in [-0.3, -0.25) is 14.4 Å². The molecule has 0 unspecified atom stereocenters. The lowest BCUT2D eigenvalue weighted by Gasteiger charge is -2.26. The molecule has 0 aromatic heterocycles. The average molecular weight is 568 g/mol. The zero-order valence-corrected chi connectivity index (χ0v) is 23.6. The molecule has 1 heterocycles. The minimum Gasteiger partial charge on any atom is -0.457 e. The molecule has 4 aromatic carbocycles. The van der Waals surface area contributed by atoms with Crippen LogP contribution in [0.3, 0.4) is 0 Å². The number of benzene rings is 4. The first-order valence-corrected chi connectivity index (χ1v) is 13.8. The lowest BCUT2D eigenvalue weighted by Crippen LogP contribution is -2.27. The SMILES string of the molecule is CC(C)(c1ccccc1)c1ccc(Oc2ccc(N3C[C@@H](C(=O)OCC(=O)c4ccc(Cl)cc4)CC3=O)cc2)cc1. The third-order valence-corrected chi connectivity index (χ3v) is 7.68. The van der Waals surface area contributed by atoms with Crippen molar-refractivity contribution < 1.29 is 23.9 Å². The van der Waals surface area contributed by atoms with E-state index in [1.54, 1.807) is 53.4 Å². The van der Waals surface area contributed by atoms with Gasteiger partial charge in [0.2, 0.25) is 5.91 Å². The van der Waals surface area contributed by atoms with Gasteiger partial charge < -0.3 is 14.4 Å². The van der Waals surface area contributed by atoms with Gasteiger partial charge in [-0.05, 0) is 71.8 Å². The monoisotopic (exact) mass is 567 g/mol. The molecule has 208 valence electrons. The fourth-order valence-corrected chi connectivity index (χ4v) is 5.01. The van der Waals surface area contributed by atoms with E-state index in [0.717, 1.165) is 0 Å². The van der Waals surface area contributed by atoms with E-state index >= 15 is 0 Å². The lowest BCUT2D eigenvalue weighted by molar-refractivity contribution is -0.147. The van der Waals surface area contributed by atoms with E-state index in [0.29, 0.717) is 27.8 Å². The zero-order valence-electron chi connectivity index (χ0n) is 22.9. The largest absolute Gasteiger partial charge is 0.457 e. The summed E-state index contributed by atoms with van der Waals surface area (Å²) in [5.74, 6) is -0.384. The fourth-order valence-electron chi connectivity index (χ4n) is 4.88. The summed E-state index contributed by atoms with van der Waals surface area (Å²) >= 11 is 5.85. The number of carbonyl (C=O) groups excluding carboxylic acids is 3. The minimum atomic E-state index is -0.643. The summed E-state index contributed by atoms with van der Waals surface area (Å²) in [6.07, 6.45) is 0.0257. The summed E-state index contributed by atoms with van der Waals surface area (Å²) < 4.78 is 11.3. The molecule has 1 saturated heterocycles. The summed E-state index contributed by atoms with van der Waals surface area (Å²) in [5, 5.41) is 0.514. The number of halogens is 1. The Morgan fingerprint density at radius 3 is 2.05 bits per heavy atom. The predicted octanol–water partition coefficient (Wildman–Crippen LogP) is 7.24. The van der Waals surface area contributed by atoms with E-state index in [2.05, 4.69) is 38.1 Å². The van der Waals surface area contributed by atoms with Crippen molar-refractivity contribution in [3.8, 4) is 11.5 Å². The van der Waals surface area contributed by atoms with Crippen LogP contribution in [0.4, 0.5) is 5.69 Å². The number of Topliss-reactive ketones (excluding diaryl/α,β-unsaturated/α-hetero) is 1. The van der Waals surface area contributed by atoms with Gasteiger partial charge in [-0.1, -0.05) is 67.9 Å². The molecule has 0 bridgehead atoms. The summed E-state index contributed by atoms with van der Waals surface area (Å²) in [7, 11) is 0. The Bertz CT molecular complexity index is 1530. The molecule has 6 nitrogen and oxygen atoms in total. The number of ether oxygens (including phenoxy) is 2. The van der Waals surface area contributed by atoms with Crippen molar-refractivity contribution in [2.24, 2.45) is 5.92 Å². The van der Waals surface area contributed by atoms with Gasteiger partial charge in [0, 0.05) is 34.7 Å². The standard InChI is InChI=1S/C34H30ClNO5/c1-34(2,25-6-4-3-5-7-25)26-10-16-29(17-11-26)41-30-18-14-28(15-19-30)36-21-24(20-32(36)38)33(39)40-22-31(37)23-8-12-27(35)13-9-23/h3-19,24H,20-22H2,1-2H3/t24-/m0/s1. The number of amides is 1. The lowest BCUT2D eigenvalue weighted by atomic mass is 9.78. The molecule has 1 fully saturated rings. The van der Waals surface area contributed by atoms with E-state index in [-0.39, 0.29) is 36.7 Å². The van der Waals surface area contributed by atoms with Crippen molar-refractivity contribution in [3.05, 3.63) is 125 Å². The van der Waals surface area contributed by atoms with Crippen LogP contribution in [0.1, 0.15) is 41.8 Å². The first kappa shape index (κ1) is 28.1. The van der Waals surface area contributed by atoms with Gasteiger partial charge in [0.15, 0.2) is 12.4 Å². The maximum Gasteiger partial charge on any atom is 0.311 e. The average Bonchev–Trinajstić information content (AvgIpc) is 3.39. The maximum absolute atomic E-state index is 12.7. The number of rotatable bonds is 9. The molecule has 0 spiro atoms. The highest BCUT2D eigenvalue weighted by atomic mass is 35.5. The Kier molecular flexibility index (Phi) is 8.22. The first-order chi connectivity index (χ1) is 19.7. The van der Waals surface area contributed by atoms with Crippen molar-refractivity contribution in [2.45, 2.75) is 25.7 Å². The van der Waals surface area contributed by atoms with Gasteiger partial charge in [-0.15, -0.1) is 0 Å². The Labute approximate surface area is 244 Å². The highest BCUT2D eigenvalue weighted by molar-refractivity contribution is 6.30. The zero-order chi connectivity index (χ0) is 29.0. The Hall–Kier alpha value is -4.42. The number of hydrogen-bond donors (Lipinski definition) is 0. The molecule has 0 saturated carbocycles. The van der Waals surface area contributed by atoms with Crippen LogP contribution < -0.4 is 9.64 Å². The number of nitrogens with zero attached hydrogens (tertiary/aromatic N) is 1. The normalized spacial score (nSPS) is 15.0. The van der Waals surface area contributed by atoms with Crippen LogP contribution in [0.15, 0.2) is 103 Å². The molecule has 4 aromatic rings. The van der Waals surface area contributed by atoms with Gasteiger partial charge in [0.1, 0.15) is 11.5 Å². The summed E-state index contributed by atoms with van der Waals surface area (Å²) in [6.45, 7) is 4.19. The van der Waals surface area contributed by atoms with Crippen LogP contribution in [-0.2, 0) is 19.7 Å². The first-order valence-electron chi connectivity index (χ1n) is 13.4. The van der Waals surface area contributed by atoms with Gasteiger partial charge >= 0.3 is 5.97 Å². The van der Waals surface area contributed by atoms with Crippen molar-refractivity contribution in [3.63, 3.8) is 0 Å². The number of carbonyl (C=O) groups is 3. The Balaban J connectivity index is 1.16. The second-order valence-electron chi connectivity index (χ2n) is 10.6. The predicted molar refractivity (Wildman–Crippen MR) is 159 cm³/mol. The van der Waals surface area contributed by atoms with Gasteiger partial charge in [0.25, 0.3) is 0 Å². The highest BCUT2D eigenvalue weighted by Crippen LogP contribution is 2.34. The second kappa shape index (κ2) is 12.0. The molecule has 7 heteroatoms. The molecule has 1 aliphatic heterocycles. The van der Waals surface area contributed by atoms with E-state index in [1.165, 1.54) is 11.1 Å². The van der Waals surface area contributed by atoms with Crippen LogP contribution in [0.5, 0.6) is 11.5 Å². The number of hydrogen-bond acceptors (Lipinski definition) is 5. The summed E-state index contributed by atoms with van der Waals surface area (Å²) in [6, 6.07) is 31.9. The minimum absolute atomic E-state index is 0.0257. The second-order valence-corrected chi connectivity index (χ2v) is 11.0. The maximum atomic E-state index is 12.7. The van der Waals surface area contributed by atoms with Gasteiger partial charge in [-0.25, -0.2) is 0 Å². The van der Waals surface area contributed by atoms with Crippen molar-refractivity contribution in [1.29, 1.82) is 0 Å². The van der Waals surface area contributed by atoms with Crippen LogP contribution >= 0.6 is 11.6 Å². The van der Waals surface area contributed by atoms with E-state index < -0.39 is 11.9 Å².